The van der Waals surface area contributed by atoms with E-state index in [9.17, 15) is 30.3 Å². The van der Waals surface area contributed by atoms with Crippen molar-refractivity contribution in [3.63, 3.8) is 0 Å². The molecule has 0 aliphatic carbocycles. The number of nitrogens with one attached hydrogen (secondary N) is 1. The molecular weight excluding hydrogens is 540 g/mol. The summed E-state index contributed by atoms with van der Waals surface area (Å²) in [7, 11) is 1.62. The summed E-state index contributed by atoms with van der Waals surface area (Å²) in [5, 5.41) is 60.3. The molecule has 0 spiro atoms. The maximum atomic E-state index is 11.4. The molecular formula is C28H56N2O11. The first-order chi connectivity index (χ1) is 19.6. The first kappa shape index (κ1) is 38.1. The molecule has 13 nitrogen and oxygen atoms in total. The molecule has 244 valence electrons. The minimum atomic E-state index is -1.49. The number of nitrogens with zero attached hydrogens (tertiary/aromatic N) is 1. The number of rotatable bonds is 17. The minimum Gasteiger partial charge on any atom is -0.396 e. The first-order valence-corrected chi connectivity index (χ1v) is 15.0. The molecule has 1 amide bonds. The second-order valence-corrected chi connectivity index (χ2v) is 10.9. The van der Waals surface area contributed by atoms with Crippen molar-refractivity contribution in [1.82, 2.24) is 10.2 Å². The molecule has 2 heterocycles. The van der Waals surface area contributed by atoms with E-state index < -0.39 is 49.7 Å². The van der Waals surface area contributed by atoms with Crippen LogP contribution in [0.5, 0.6) is 0 Å². The highest BCUT2D eigenvalue weighted by Crippen LogP contribution is 2.22. The summed E-state index contributed by atoms with van der Waals surface area (Å²) in [6.45, 7) is 8.11. The van der Waals surface area contributed by atoms with E-state index >= 15 is 0 Å². The zero-order valence-corrected chi connectivity index (χ0v) is 25.3. The van der Waals surface area contributed by atoms with Crippen molar-refractivity contribution in [2.75, 3.05) is 53.1 Å². The van der Waals surface area contributed by atoms with Crippen molar-refractivity contribution in [1.29, 1.82) is 0 Å². The topological polar surface area (TPSA) is 191 Å². The Bertz CT molecular complexity index is 671. The van der Waals surface area contributed by atoms with E-state index in [1.165, 1.54) is 0 Å². The molecule has 7 N–H and O–H groups in total. The van der Waals surface area contributed by atoms with Gasteiger partial charge in [0, 0.05) is 33.2 Å². The summed E-state index contributed by atoms with van der Waals surface area (Å²) >= 11 is 0. The number of hydrogen-bond donors (Lipinski definition) is 7. The zero-order valence-electron chi connectivity index (χ0n) is 25.3. The molecule has 6 unspecified atom stereocenters. The third kappa shape index (κ3) is 14.9. The smallest absolute Gasteiger partial charge is 0.219 e. The summed E-state index contributed by atoms with van der Waals surface area (Å²) in [5.41, 5.74) is 0. The highest BCUT2D eigenvalue weighted by molar-refractivity contribution is 5.75. The van der Waals surface area contributed by atoms with Crippen molar-refractivity contribution in [2.24, 2.45) is 5.92 Å². The molecule has 0 aromatic carbocycles. The lowest BCUT2D eigenvalue weighted by Crippen LogP contribution is -2.59. The lowest BCUT2D eigenvalue weighted by Gasteiger charge is -2.39. The maximum absolute atomic E-state index is 11.4. The van der Waals surface area contributed by atoms with Gasteiger partial charge in [-0.2, -0.15) is 0 Å². The Balaban J connectivity index is 0.00000126. The Labute approximate surface area is 244 Å². The second-order valence-electron chi connectivity index (χ2n) is 10.9. The predicted molar refractivity (Wildman–Crippen MR) is 151 cm³/mol. The van der Waals surface area contributed by atoms with Crippen LogP contribution in [0.3, 0.4) is 0 Å². The van der Waals surface area contributed by atoms with Crippen LogP contribution < -0.4 is 5.32 Å². The van der Waals surface area contributed by atoms with E-state index in [1.807, 2.05) is 13.8 Å². The van der Waals surface area contributed by atoms with Gasteiger partial charge in [0.05, 0.1) is 25.9 Å². The van der Waals surface area contributed by atoms with Gasteiger partial charge in [-0.3, -0.25) is 9.69 Å². The van der Waals surface area contributed by atoms with Crippen LogP contribution in [0.15, 0.2) is 0 Å². The number of ether oxygens (including phenoxy) is 4. The van der Waals surface area contributed by atoms with Gasteiger partial charge in [0.15, 0.2) is 12.6 Å². The minimum absolute atomic E-state index is 0.0171. The van der Waals surface area contributed by atoms with Crippen molar-refractivity contribution >= 4 is 5.91 Å². The van der Waals surface area contributed by atoms with Crippen molar-refractivity contribution in [2.45, 2.75) is 115 Å². The average Bonchev–Trinajstić information content (AvgIpc) is 2.97. The summed E-state index contributed by atoms with van der Waals surface area (Å²) < 4.78 is 22.5. The van der Waals surface area contributed by atoms with Gasteiger partial charge in [0.25, 0.3) is 0 Å². The number of carbonyl (C=O) groups excluding carboxylic acids is 1. The second kappa shape index (κ2) is 21.7. The van der Waals surface area contributed by atoms with Crippen LogP contribution in [0.4, 0.5) is 0 Å². The molecule has 13 heteroatoms. The molecule has 0 bridgehead atoms. The van der Waals surface area contributed by atoms with Gasteiger partial charge in [-0.25, -0.2) is 0 Å². The van der Waals surface area contributed by atoms with Crippen LogP contribution in [-0.2, 0) is 23.7 Å². The highest BCUT2D eigenvalue weighted by Gasteiger charge is 2.44. The Hall–Kier alpha value is -0.970. The standard InChI is InChI=1S/C23H44N2O10.C5H12O/c1-15-7-8-16(27)22(34-15)32-12-10-25(9-5-3-4-6-18(28)24-2)11-13-33-23-21(31)20(30)19(29)17(14-26)35-23;1-3-5(2)4-6/h15-17,19-23,26-27,29-31H,3-14H2,1-2H3,(H,24,28);5-6H,3-4H2,1-2H3/t15-,16?,17?,19+,20?,21?,22?,23-;/m0./s1. The molecule has 0 aromatic heterocycles. The molecule has 41 heavy (non-hydrogen) atoms. The van der Waals surface area contributed by atoms with Crippen LogP contribution in [0.2, 0.25) is 0 Å². The monoisotopic (exact) mass is 596 g/mol. The zero-order chi connectivity index (χ0) is 30.8. The molecule has 2 saturated heterocycles. The Morgan fingerprint density at radius 3 is 2.15 bits per heavy atom. The molecule has 2 aliphatic rings. The molecule has 0 aromatic rings. The Morgan fingerprint density at radius 2 is 1.59 bits per heavy atom. The molecule has 2 rings (SSSR count). The van der Waals surface area contributed by atoms with E-state index in [1.54, 1.807) is 7.05 Å². The van der Waals surface area contributed by atoms with Gasteiger partial charge in [-0.1, -0.05) is 26.7 Å². The Morgan fingerprint density at radius 1 is 0.927 bits per heavy atom. The summed E-state index contributed by atoms with van der Waals surface area (Å²) in [5.74, 6) is 0.508. The average molecular weight is 597 g/mol. The Kier molecular flexibility index (Phi) is 20.1. The van der Waals surface area contributed by atoms with Gasteiger partial charge < -0.3 is 54.9 Å². The number of amides is 1. The van der Waals surface area contributed by atoms with Crippen molar-refractivity contribution < 1.29 is 54.4 Å². The fraction of sp³-hybridized carbons (Fsp3) is 0.964. The van der Waals surface area contributed by atoms with E-state index in [0.29, 0.717) is 45.1 Å². The van der Waals surface area contributed by atoms with Crippen LogP contribution in [-0.4, -0.2) is 144 Å². The van der Waals surface area contributed by atoms with Gasteiger partial charge >= 0.3 is 0 Å². The van der Waals surface area contributed by atoms with Crippen molar-refractivity contribution in [3.8, 4) is 0 Å². The molecule has 9 atom stereocenters. The lowest BCUT2D eigenvalue weighted by atomic mass is 9.99. The van der Waals surface area contributed by atoms with Crippen LogP contribution in [0.25, 0.3) is 0 Å². The first-order valence-electron chi connectivity index (χ1n) is 15.0. The van der Waals surface area contributed by atoms with E-state index in [0.717, 1.165) is 38.6 Å². The molecule has 0 radical (unpaired) electrons. The number of aliphatic hydroxyl groups is 6. The van der Waals surface area contributed by atoms with Gasteiger partial charge in [0.2, 0.25) is 5.91 Å². The molecule has 2 aliphatic heterocycles. The van der Waals surface area contributed by atoms with Crippen LogP contribution >= 0.6 is 0 Å². The predicted octanol–water partition coefficient (Wildman–Crippen LogP) is -0.661. The quantitative estimate of drug-likeness (QED) is 0.105. The number of carbonyl (C=O) groups is 1. The van der Waals surface area contributed by atoms with Crippen molar-refractivity contribution in [3.05, 3.63) is 0 Å². The summed E-state index contributed by atoms with van der Waals surface area (Å²) in [6.07, 6.45) is -2.33. The number of hydrogen-bond acceptors (Lipinski definition) is 12. The normalized spacial score (nSPS) is 30.9. The maximum Gasteiger partial charge on any atom is 0.219 e. The summed E-state index contributed by atoms with van der Waals surface area (Å²) in [4.78, 5) is 13.5. The largest absolute Gasteiger partial charge is 0.396 e. The van der Waals surface area contributed by atoms with E-state index in [-0.39, 0.29) is 18.6 Å². The van der Waals surface area contributed by atoms with Crippen LogP contribution in [0, 0.1) is 5.92 Å². The lowest BCUT2D eigenvalue weighted by molar-refractivity contribution is -0.301. The molecule has 2 fully saturated rings. The van der Waals surface area contributed by atoms with Gasteiger partial charge in [-0.05, 0) is 45.1 Å². The highest BCUT2D eigenvalue weighted by atomic mass is 16.7. The van der Waals surface area contributed by atoms with E-state index in [2.05, 4.69) is 17.1 Å². The van der Waals surface area contributed by atoms with Gasteiger partial charge in [0.1, 0.15) is 30.5 Å². The summed E-state index contributed by atoms with van der Waals surface area (Å²) in [6, 6.07) is 0. The SMILES string of the molecule is CCC(C)CO.CNC(=O)CCCCCN(CCOC1O[C@@H](C)CCC1O)CCO[C@H]1OC(CO)[C@@H](O)C(O)C1O. The number of unbranched alkanes of at least 4 members (excludes halogenated alkanes) is 2. The third-order valence-electron chi connectivity index (χ3n) is 7.44. The fourth-order valence-corrected chi connectivity index (χ4v) is 4.27. The van der Waals surface area contributed by atoms with Gasteiger partial charge in [-0.15, -0.1) is 0 Å². The third-order valence-corrected chi connectivity index (χ3v) is 7.44. The number of aliphatic hydroxyl groups excluding tert-OH is 6. The van der Waals surface area contributed by atoms with E-state index in [4.69, 9.17) is 24.1 Å². The molecule has 0 saturated carbocycles. The fourth-order valence-electron chi connectivity index (χ4n) is 4.27. The van der Waals surface area contributed by atoms with Crippen LogP contribution in [0.1, 0.15) is 65.7 Å².